The van der Waals surface area contributed by atoms with E-state index >= 15 is 0 Å². The van der Waals surface area contributed by atoms with Crippen molar-refractivity contribution in [2.75, 3.05) is 38.2 Å². The number of nitrogens with zero attached hydrogens (tertiary/aromatic N) is 2. The summed E-state index contributed by atoms with van der Waals surface area (Å²) in [6, 6.07) is 6.49. The first-order valence-corrected chi connectivity index (χ1v) is 10.7. The Hall–Kier alpha value is -1.05. The van der Waals surface area contributed by atoms with Gasteiger partial charge in [-0.15, -0.1) is 11.8 Å². The molecule has 2 aliphatic rings. The lowest BCUT2D eigenvalue weighted by atomic mass is 10.1. The molecular formula is C16H22N2O3S2. The molecule has 0 unspecified atom stereocenters. The standard InChI is InChI=1S/C16H22N2O3S2/c1-23(20,21)18-9-7-17(8-10-18)16(19)12-22-15-6-5-13-3-2-4-14(13)11-15/h5-6,11H,2-4,7-10,12H2,1H3. The van der Waals surface area contributed by atoms with Gasteiger partial charge in [0.05, 0.1) is 12.0 Å². The quantitative estimate of drug-likeness (QED) is 0.767. The van der Waals surface area contributed by atoms with Gasteiger partial charge in [0.1, 0.15) is 0 Å². The number of fused-ring (bicyclic) bond motifs is 1. The van der Waals surface area contributed by atoms with E-state index in [1.807, 2.05) is 0 Å². The molecule has 1 fully saturated rings. The molecule has 23 heavy (non-hydrogen) atoms. The van der Waals surface area contributed by atoms with Gasteiger partial charge in [-0.05, 0) is 42.5 Å². The average molecular weight is 354 g/mol. The van der Waals surface area contributed by atoms with Crippen molar-refractivity contribution < 1.29 is 13.2 Å². The number of piperazine rings is 1. The fourth-order valence-electron chi connectivity index (χ4n) is 3.14. The lowest BCUT2D eigenvalue weighted by Gasteiger charge is -2.33. The summed E-state index contributed by atoms with van der Waals surface area (Å²) < 4.78 is 24.4. The largest absolute Gasteiger partial charge is 0.339 e. The van der Waals surface area contributed by atoms with Crippen LogP contribution in [0.5, 0.6) is 0 Å². The Morgan fingerprint density at radius 1 is 1.13 bits per heavy atom. The highest BCUT2D eigenvalue weighted by Crippen LogP contribution is 2.27. The normalized spacial score (nSPS) is 18.9. The maximum absolute atomic E-state index is 12.3. The Kier molecular flexibility index (Phi) is 4.98. The van der Waals surface area contributed by atoms with E-state index in [0.29, 0.717) is 31.9 Å². The van der Waals surface area contributed by atoms with Crippen LogP contribution in [0.1, 0.15) is 17.5 Å². The first-order valence-electron chi connectivity index (χ1n) is 7.91. The molecule has 0 N–H and O–H groups in total. The summed E-state index contributed by atoms with van der Waals surface area (Å²) in [5, 5.41) is 0. The number of aryl methyl sites for hydroxylation is 2. The van der Waals surface area contributed by atoms with E-state index in [2.05, 4.69) is 18.2 Å². The van der Waals surface area contributed by atoms with Crippen LogP contribution >= 0.6 is 11.8 Å². The molecule has 0 aromatic heterocycles. The molecule has 0 atom stereocenters. The Labute approximate surface area is 142 Å². The molecule has 126 valence electrons. The average Bonchev–Trinajstić information content (AvgIpc) is 2.99. The maximum Gasteiger partial charge on any atom is 0.233 e. The number of hydrogen-bond donors (Lipinski definition) is 0. The molecule has 1 aliphatic heterocycles. The maximum atomic E-state index is 12.3. The summed E-state index contributed by atoms with van der Waals surface area (Å²) in [5.74, 6) is 0.501. The van der Waals surface area contributed by atoms with Gasteiger partial charge in [0.25, 0.3) is 0 Å². The van der Waals surface area contributed by atoms with Crippen LogP contribution in [0.15, 0.2) is 23.1 Å². The van der Waals surface area contributed by atoms with Crippen molar-refractivity contribution in [3.05, 3.63) is 29.3 Å². The third kappa shape index (κ3) is 4.08. The smallest absolute Gasteiger partial charge is 0.233 e. The number of carbonyl (C=O) groups is 1. The summed E-state index contributed by atoms with van der Waals surface area (Å²) >= 11 is 1.57. The van der Waals surface area contributed by atoms with Crippen molar-refractivity contribution in [2.45, 2.75) is 24.2 Å². The zero-order chi connectivity index (χ0) is 16.4. The van der Waals surface area contributed by atoms with E-state index in [1.165, 1.54) is 34.5 Å². The molecule has 0 spiro atoms. The second-order valence-electron chi connectivity index (χ2n) is 6.12. The molecule has 5 nitrogen and oxygen atoms in total. The van der Waals surface area contributed by atoms with Crippen LogP contribution in [0.2, 0.25) is 0 Å². The van der Waals surface area contributed by atoms with Crippen molar-refractivity contribution in [1.29, 1.82) is 0 Å². The van der Waals surface area contributed by atoms with Crippen LogP contribution in [-0.4, -0.2) is 61.7 Å². The molecule has 3 rings (SSSR count). The molecule has 0 radical (unpaired) electrons. The van der Waals surface area contributed by atoms with E-state index in [9.17, 15) is 13.2 Å². The zero-order valence-corrected chi connectivity index (χ0v) is 15.0. The zero-order valence-electron chi connectivity index (χ0n) is 13.3. The molecule has 1 aliphatic carbocycles. The van der Waals surface area contributed by atoms with Gasteiger partial charge in [0.2, 0.25) is 15.9 Å². The van der Waals surface area contributed by atoms with Gasteiger partial charge >= 0.3 is 0 Å². The van der Waals surface area contributed by atoms with Gasteiger partial charge in [-0.3, -0.25) is 4.79 Å². The number of benzene rings is 1. The van der Waals surface area contributed by atoms with Crippen LogP contribution in [0, 0.1) is 0 Å². The molecule has 1 heterocycles. The van der Waals surface area contributed by atoms with Crippen LogP contribution in [0.3, 0.4) is 0 Å². The minimum atomic E-state index is -3.15. The monoisotopic (exact) mass is 354 g/mol. The summed E-state index contributed by atoms with van der Waals surface area (Å²) in [6.45, 7) is 1.76. The van der Waals surface area contributed by atoms with Gasteiger partial charge in [-0.25, -0.2) is 8.42 Å². The van der Waals surface area contributed by atoms with Gasteiger partial charge in [0, 0.05) is 31.1 Å². The molecule has 1 aromatic rings. The lowest BCUT2D eigenvalue weighted by molar-refractivity contribution is -0.129. The Bertz CT molecular complexity index is 695. The Morgan fingerprint density at radius 2 is 1.83 bits per heavy atom. The molecule has 0 saturated carbocycles. The van der Waals surface area contributed by atoms with E-state index < -0.39 is 10.0 Å². The SMILES string of the molecule is CS(=O)(=O)N1CCN(C(=O)CSc2ccc3c(c2)CCC3)CC1. The van der Waals surface area contributed by atoms with Gasteiger partial charge in [-0.1, -0.05) is 6.07 Å². The second kappa shape index (κ2) is 6.83. The number of rotatable bonds is 4. The minimum Gasteiger partial charge on any atom is -0.339 e. The number of amides is 1. The van der Waals surface area contributed by atoms with E-state index in [4.69, 9.17) is 0 Å². The van der Waals surface area contributed by atoms with Crippen LogP contribution < -0.4 is 0 Å². The molecule has 1 amide bonds. The Balaban J connectivity index is 1.50. The predicted molar refractivity (Wildman–Crippen MR) is 92.2 cm³/mol. The molecule has 0 bridgehead atoms. The van der Waals surface area contributed by atoms with E-state index in [0.717, 1.165) is 11.3 Å². The topological polar surface area (TPSA) is 57.7 Å². The first-order chi connectivity index (χ1) is 10.9. The fourth-order valence-corrected chi connectivity index (χ4v) is 4.83. The summed E-state index contributed by atoms with van der Waals surface area (Å²) in [7, 11) is -3.15. The van der Waals surface area contributed by atoms with Crippen molar-refractivity contribution in [3.8, 4) is 0 Å². The molecule has 1 saturated heterocycles. The highest BCUT2D eigenvalue weighted by atomic mass is 32.2. The summed E-state index contributed by atoms with van der Waals surface area (Å²) in [4.78, 5) is 15.2. The number of carbonyl (C=O) groups excluding carboxylic acids is 1. The summed E-state index contributed by atoms with van der Waals surface area (Å²) in [6.07, 6.45) is 4.76. The van der Waals surface area contributed by atoms with Crippen molar-refractivity contribution in [3.63, 3.8) is 0 Å². The molecular weight excluding hydrogens is 332 g/mol. The molecule has 7 heteroatoms. The van der Waals surface area contributed by atoms with Crippen molar-refractivity contribution in [2.24, 2.45) is 0 Å². The third-order valence-electron chi connectivity index (χ3n) is 4.49. The summed E-state index contributed by atoms with van der Waals surface area (Å²) in [5.41, 5.74) is 2.86. The molecule has 1 aromatic carbocycles. The fraction of sp³-hybridized carbons (Fsp3) is 0.562. The predicted octanol–water partition coefficient (Wildman–Crippen LogP) is 1.37. The van der Waals surface area contributed by atoms with Crippen molar-refractivity contribution in [1.82, 2.24) is 9.21 Å². The number of thioether (sulfide) groups is 1. The van der Waals surface area contributed by atoms with E-state index in [1.54, 1.807) is 16.7 Å². The second-order valence-corrected chi connectivity index (χ2v) is 9.15. The highest BCUT2D eigenvalue weighted by molar-refractivity contribution is 8.00. The van der Waals surface area contributed by atoms with Gasteiger partial charge < -0.3 is 4.90 Å². The van der Waals surface area contributed by atoms with Gasteiger partial charge in [-0.2, -0.15) is 4.31 Å². The minimum absolute atomic E-state index is 0.0867. The first kappa shape index (κ1) is 16.8. The number of hydrogen-bond acceptors (Lipinski definition) is 4. The lowest BCUT2D eigenvalue weighted by Crippen LogP contribution is -2.50. The van der Waals surface area contributed by atoms with Crippen LogP contribution in [0.25, 0.3) is 0 Å². The van der Waals surface area contributed by atoms with Crippen LogP contribution in [0.4, 0.5) is 0 Å². The van der Waals surface area contributed by atoms with Gasteiger partial charge in [0.15, 0.2) is 0 Å². The highest BCUT2D eigenvalue weighted by Gasteiger charge is 2.25. The van der Waals surface area contributed by atoms with Crippen LogP contribution in [-0.2, 0) is 27.7 Å². The third-order valence-corrected chi connectivity index (χ3v) is 6.77. The van der Waals surface area contributed by atoms with Crippen molar-refractivity contribution >= 4 is 27.7 Å². The number of sulfonamides is 1. The Morgan fingerprint density at radius 3 is 2.52 bits per heavy atom. The van der Waals surface area contributed by atoms with E-state index in [-0.39, 0.29) is 5.91 Å².